The first-order valence-corrected chi connectivity index (χ1v) is 5.52. The first-order valence-electron chi connectivity index (χ1n) is 5.52. The van der Waals surface area contributed by atoms with E-state index < -0.39 is 0 Å². The Morgan fingerprint density at radius 3 is 2.59 bits per heavy atom. The summed E-state index contributed by atoms with van der Waals surface area (Å²) in [7, 11) is 1.39. The maximum Gasteiger partial charge on any atom is 0.337 e. The third-order valence-corrected chi connectivity index (χ3v) is 2.67. The molecule has 2 rings (SSSR count). The second kappa shape index (κ2) is 5.30. The molecule has 0 fully saturated rings. The van der Waals surface area contributed by atoms with E-state index in [0.29, 0.717) is 5.56 Å². The summed E-state index contributed by atoms with van der Waals surface area (Å²) in [6.45, 7) is 0. The third-order valence-electron chi connectivity index (χ3n) is 2.67. The zero-order valence-electron chi connectivity index (χ0n) is 9.72. The third kappa shape index (κ3) is 2.72. The molecule has 0 unspecified atom stereocenters. The summed E-state index contributed by atoms with van der Waals surface area (Å²) in [5.41, 5.74) is 2.96. The lowest BCUT2D eigenvalue weighted by Gasteiger charge is -2.05. The summed E-state index contributed by atoms with van der Waals surface area (Å²) in [5.74, 6) is -0.300. The van der Waals surface area contributed by atoms with Crippen molar-refractivity contribution in [2.45, 2.75) is 6.42 Å². The highest BCUT2D eigenvalue weighted by molar-refractivity contribution is 5.89. The number of allylic oxidation sites excluding steroid dienone is 6. The van der Waals surface area contributed by atoms with Crippen LogP contribution in [0.5, 0.6) is 0 Å². The van der Waals surface area contributed by atoms with E-state index in [2.05, 4.69) is 16.9 Å². The molecule has 0 atom stereocenters. The lowest BCUT2D eigenvalue weighted by Crippen LogP contribution is -2.00. The molecule has 0 heterocycles. The second-order valence-electron chi connectivity index (χ2n) is 3.78. The Hall–Kier alpha value is -2.09. The number of hydrogen-bond acceptors (Lipinski definition) is 2. The highest BCUT2D eigenvalue weighted by Gasteiger charge is 2.06. The smallest absolute Gasteiger partial charge is 0.337 e. The van der Waals surface area contributed by atoms with Gasteiger partial charge in [0, 0.05) is 0 Å². The minimum absolute atomic E-state index is 0.300. The number of rotatable bonds is 2. The standard InChI is InChI=1S/C15H14O2/c1-17-15(16)14-10-8-13(9-11-14)12-6-4-2-3-5-7-12/h2-6,8-11H,7H2,1H3. The van der Waals surface area contributed by atoms with Crippen LogP contribution in [0.3, 0.4) is 0 Å². The lowest BCUT2D eigenvalue weighted by molar-refractivity contribution is 0.0601. The average molecular weight is 226 g/mol. The van der Waals surface area contributed by atoms with Crippen LogP contribution in [-0.2, 0) is 4.74 Å². The van der Waals surface area contributed by atoms with Crippen LogP contribution in [0.4, 0.5) is 0 Å². The Morgan fingerprint density at radius 1 is 1.12 bits per heavy atom. The summed E-state index contributed by atoms with van der Waals surface area (Å²) in [6, 6.07) is 7.48. The minimum Gasteiger partial charge on any atom is -0.465 e. The van der Waals surface area contributed by atoms with Gasteiger partial charge in [0.15, 0.2) is 0 Å². The van der Waals surface area contributed by atoms with Gasteiger partial charge in [0.25, 0.3) is 0 Å². The van der Waals surface area contributed by atoms with Crippen LogP contribution in [0, 0.1) is 0 Å². The lowest BCUT2D eigenvalue weighted by atomic mass is 10.0. The highest BCUT2D eigenvalue weighted by Crippen LogP contribution is 2.21. The Kier molecular flexibility index (Phi) is 3.55. The number of esters is 1. The Morgan fingerprint density at radius 2 is 1.88 bits per heavy atom. The predicted octanol–water partition coefficient (Wildman–Crippen LogP) is 3.37. The number of carbonyl (C=O) groups is 1. The van der Waals surface area contributed by atoms with Crippen LogP contribution >= 0.6 is 0 Å². The molecule has 0 amide bonds. The van der Waals surface area contributed by atoms with E-state index >= 15 is 0 Å². The molecule has 0 N–H and O–H groups in total. The summed E-state index contributed by atoms with van der Waals surface area (Å²) in [6.07, 6.45) is 11.2. The monoisotopic (exact) mass is 226 g/mol. The van der Waals surface area contributed by atoms with E-state index in [9.17, 15) is 4.79 Å². The van der Waals surface area contributed by atoms with Gasteiger partial charge in [-0.15, -0.1) is 0 Å². The van der Waals surface area contributed by atoms with Crippen LogP contribution in [-0.4, -0.2) is 13.1 Å². The van der Waals surface area contributed by atoms with Gasteiger partial charge < -0.3 is 4.74 Å². The normalized spacial score (nSPS) is 14.1. The predicted molar refractivity (Wildman–Crippen MR) is 68.7 cm³/mol. The van der Waals surface area contributed by atoms with Crippen molar-refractivity contribution in [3.05, 3.63) is 65.8 Å². The topological polar surface area (TPSA) is 26.3 Å². The minimum atomic E-state index is -0.300. The highest BCUT2D eigenvalue weighted by atomic mass is 16.5. The van der Waals surface area contributed by atoms with E-state index in [1.54, 1.807) is 12.1 Å². The molecule has 0 saturated carbocycles. The van der Waals surface area contributed by atoms with Gasteiger partial charge >= 0.3 is 5.97 Å². The molecule has 0 aliphatic heterocycles. The summed E-state index contributed by atoms with van der Waals surface area (Å²) in [5, 5.41) is 0. The molecular formula is C15H14O2. The van der Waals surface area contributed by atoms with Crippen LogP contribution in [0.1, 0.15) is 22.3 Å². The fourth-order valence-corrected chi connectivity index (χ4v) is 1.73. The molecular weight excluding hydrogens is 212 g/mol. The molecule has 0 radical (unpaired) electrons. The SMILES string of the molecule is COC(=O)c1ccc(C2=CC=CC=CC2)cc1. The molecule has 1 aromatic carbocycles. The quantitative estimate of drug-likeness (QED) is 0.723. The molecule has 17 heavy (non-hydrogen) atoms. The Bertz CT molecular complexity index is 490. The number of hydrogen-bond donors (Lipinski definition) is 0. The van der Waals surface area contributed by atoms with Gasteiger partial charge in [0.1, 0.15) is 0 Å². The van der Waals surface area contributed by atoms with Crippen molar-refractivity contribution >= 4 is 11.5 Å². The molecule has 2 nitrogen and oxygen atoms in total. The van der Waals surface area contributed by atoms with Gasteiger partial charge in [-0.3, -0.25) is 0 Å². The first kappa shape index (κ1) is 11.4. The van der Waals surface area contributed by atoms with Crippen molar-refractivity contribution in [2.24, 2.45) is 0 Å². The molecule has 0 aromatic heterocycles. The van der Waals surface area contributed by atoms with E-state index in [1.165, 1.54) is 12.7 Å². The van der Waals surface area contributed by atoms with E-state index in [4.69, 9.17) is 0 Å². The average Bonchev–Trinajstić information content (AvgIpc) is 2.67. The van der Waals surface area contributed by atoms with Gasteiger partial charge in [-0.05, 0) is 29.7 Å². The van der Waals surface area contributed by atoms with Crippen molar-refractivity contribution in [3.63, 3.8) is 0 Å². The molecule has 86 valence electrons. The molecule has 1 aliphatic rings. The maximum absolute atomic E-state index is 11.3. The Balaban J connectivity index is 2.23. The summed E-state index contributed by atoms with van der Waals surface area (Å²) >= 11 is 0. The van der Waals surface area contributed by atoms with Gasteiger partial charge in [-0.25, -0.2) is 4.79 Å². The molecule has 0 bridgehead atoms. The second-order valence-corrected chi connectivity index (χ2v) is 3.78. The summed E-state index contributed by atoms with van der Waals surface area (Å²) < 4.78 is 4.67. The van der Waals surface area contributed by atoms with Gasteiger partial charge in [-0.1, -0.05) is 42.5 Å². The van der Waals surface area contributed by atoms with Crippen LogP contribution in [0.25, 0.3) is 5.57 Å². The molecule has 2 heteroatoms. The zero-order valence-corrected chi connectivity index (χ0v) is 9.72. The van der Waals surface area contributed by atoms with Crippen LogP contribution in [0.2, 0.25) is 0 Å². The number of benzene rings is 1. The number of methoxy groups -OCH3 is 1. The Labute approximate surface area is 101 Å². The first-order chi connectivity index (χ1) is 8.31. The van der Waals surface area contributed by atoms with Crippen molar-refractivity contribution in [1.29, 1.82) is 0 Å². The molecule has 0 spiro atoms. The summed E-state index contributed by atoms with van der Waals surface area (Å²) in [4.78, 5) is 11.3. The van der Waals surface area contributed by atoms with Crippen molar-refractivity contribution in [3.8, 4) is 0 Å². The van der Waals surface area contributed by atoms with E-state index in [-0.39, 0.29) is 5.97 Å². The van der Waals surface area contributed by atoms with Crippen molar-refractivity contribution < 1.29 is 9.53 Å². The van der Waals surface area contributed by atoms with Crippen LogP contribution in [0.15, 0.2) is 54.6 Å². The van der Waals surface area contributed by atoms with Gasteiger partial charge in [0.05, 0.1) is 12.7 Å². The van der Waals surface area contributed by atoms with Crippen LogP contribution < -0.4 is 0 Å². The van der Waals surface area contributed by atoms with Crippen molar-refractivity contribution in [1.82, 2.24) is 0 Å². The largest absolute Gasteiger partial charge is 0.465 e. The van der Waals surface area contributed by atoms with E-state index in [0.717, 1.165) is 12.0 Å². The van der Waals surface area contributed by atoms with Gasteiger partial charge in [0.2, 0.25) is 0 Å². The number of carbonyl (C=O) groups excluding carboxylic acids is 1. The van der Waals surface area contributed by atoms with E-state index in [1.807, 2.05) is 30.4 Å². The van der Waals surface area contributed by atoms with Gasteiger partial charge in [-0.2, -0.15) is 0 Å². The maximum atomic E-state index is 11.3. The van der Waals surface area contributed by atoms with Crippen molar-refractivity contribution in [2.75, 3.05) is 7.11 Å². The number of ether oxygens (including phenoxy) is 1. The fourth-order valence-electron chi connectivity index (χ4n) is 1.73. The molecule has 1 aromatic rings. The fraction of sp³-hybridized carbons (Fsp3) is 0.133. The molecule has 0 saturated heterocycles. The zero-order chi connectivity index (χ0) is 12.1. The molecule has 1 aliphatic carbocycles.